The number of benzene rings is 3. The van der Waals surface area contributed by atoms with Crippen LogP contribution in [-0.4, -0.2) is 20.8 Å². The highest BCUT2D eigenvalue weighted by Crippen LogP contribution is 2.36. The van der Waals surface area contributed by atoms with Gasteiger partial charge in [0.1, 0.15) is 10.8 Å². The van der Waals surface area contributed by atoms with Gasteiger partial charge in [-0.15, -0.1) is 0 Å². The molecule has 0 saturated carbocycles. The number of hydrogen-bond acceptors (Lipinski definition) is 3. The van der Waals surface area contributed by atoms with Crippen LogP contribution >= 0.6 is 12.2 Å². The lowest BCUT2D eigenvalue weighted by Gasteiger charge is -2.16. The van der Waals surface area contributed by atoms with Crippen LogP contribution in [0.1, 0.15) is 27.2 Å². The van der Waals surface area contributed by atoms with E-state index in [1.807, 2.05) is 67.6 Å². The summed E-state index contributed by atoms with van der Waals surface area (Å²) in [5.41, 5.74) is 6.65. The number of carbonyl (C=O) groups excluding carboxylic acids is 1. The smallest absolute Gasteiger partial charge is 0.259 e. The summed E-state index contributed by atoms with van der Waals surface area (Å²) in [6.45, 7) is 2.29. The van der Waals surface area contributed by atoms with Crippen LogP contribution in [0.4, 0.5) is 4.39 Å². The summed E-state index contributed by atoms with van der Waals surface area (Å²) in [5.74, 6) is -0.440. The van der Waals surface area contributed by atoms with Crippen molar-refractivity contribution in [2.75, 3.05) is 0 Å². The zero-order chi connectivity index (χ0) is 22.2. The maximum Gasteiger partial charge on any atom is 0.259 e. The molecule has 0 fully saturated rings. The van der Waals surface area contributed by atoms with Crippen molar-refractivity contribution in [1.82, 2.24) is 9.88 Å². The van der Waals surface area contributed by atoms with E-state index in [4.69, 9.17) is 17.2 Å². The van der Waals surface area contributed by atoms with Gasteiger partial charge in [0.05, 0.1) is 17.9 Å². The molecule has 0 unspecified atom stereocenters. The maximum atomic E-state index is 13.5. The molecule has 0 N–H and O–H groups in total. The van der Waals surface area contributed by atoms with Gasteiger partial charge in [-0.1, -0.05) is 60.2 Å². The van der Waals surface area contributed by atoms with E-state index >= 15 is 0 Å². The van der Waals surface area contributed by atoms with Crippen LogP contribution in [-0.2, 0) is 6.54 Å². The molecule has 4 aromatic rings. The molecule has 0 bridgehead atoms. The second-order valence-electron chi connectivity index (χ2n) is 7.81. The zero-order valence-corrected chi connectivity index (χ0v) is 18.2. The number of aryl methyl sites for hydroxylation is 1. The molecular weight excluding hydrogens is 419 g/mol. The van der Waals surface area contributed by atoms with Crippen LogP contribution in [0.25, 0.3) is 22.4 Å². The van der Waals surface area contributed by atoms with Crippen molar-refractivity contribution in [1.29, 1.82) is 0 Å². The van der Waals surface area contributed by atoms with Gasteiger partial charge in [0.2, 0.25) is 0 Å². The van der Waals surface area contributed by atoms with E-state index in [1.54, 1.807) is 17.0 Å². The molecule has 32 heavy (non-hydrogen) atoms. The molecule has 3 aromatic carbocycles. The van der Waals surface area contributed by atoms with E-state index in [-0.39, 0.29) is 11.7 Å². The average Bonchev–Trinajstić information content (AvgIpc) is 3.16. The molecule has 1 aliphatic heterocycles. The molecule has 0 atom stereocenters. The van der Waals surface area contributed by atoms with Crippen LogP contribution in [0.15, 0.2) is 84.9 Å². The summed E-state index contributed by atoms with van der Waals surface area (Å²) in [5, 5.41) is 0. The van der Waals surface area contributed by atoms with Crippen LogP contribution in [0.3, 0.4) is 0 Å². The first kappa shape index (κ1) is 20.2. The Labute approximate surface area is 191 Å². The second-order valence-corrected chi connectivity index (χ2v) is 8.20. The van der Waals surface area contributed by atoms with Crippen molar-refractivity contribution in [2.45, 2.75) is 13.5 Å². The van der Waals surface area contributed by atoms with E-state index in [0.717, 1.165) is 39.2 Å². The molecule has 5 rings (SSSR count). The number of amides is 1. The number of pyridine rings is 1. The van der Waals surface area contributed by atoms with Gasteiger partial charge < -0.3 is 0 Å². The SMILES string of the molecule is Cc1ccc(C(=O)N2Cc3nc(-c4ccc(F)cc4)cc(-c4ccccc4)c3C2=S)cc1. The molecule has 0 spiro atoms. The number of hydrogen-bond donors (Lipinski definition) is 0. The maximum absolute atomic E-state index is 13.5. The number of aromatic nitrogens is 1. The fraction of sp³-hybridized carbons (Fsp3) is 0.0741. The predicted octanol–water partition coefficient (Wildman–Crippen LogP) is 6.19. The Hall–Kier alpha value is -3.70. The summed E-state index contributed by atoms with van der Waals surface area (Å²) >= 11 is 5.78. The third-order valence-corrected chi connectivity index (χ3v) is 6.05. The quantitative estimate of drug-likeness (QED) is 0.357. The summed E-state index contributed by atoms with van der Waals surface area (Å²) < 4.78 is 13.5. The average molecular weight is 439 g/mol. The van der Waals surface area contributed by atoms with Gasteiger partial charge in [0, 0.05) is 16.7 Å². The van der Waals surface area contributed by atoms with E-state index in [0.29, 0.717) is 17.1 Å². The van der Waals surface area contributed by atoms with Crippen LogP contribution in [0.5, 0.6) is 0 Å². The van der Waals surface area contributed by atoms with E-state index < -0.39 is 0 Å². The highest BCUT2D eigenvalue weighted by molar-refractivity contribution is 7.80. The normalized spacial score (nSPS) is 12.7. The molecule has 156 valence electrons. The van der Waals surface area contributed by atoms with Gasteiger partial charge in [-0.05, 0) is 60.5 Å². The van der Waals surface area contributed by atoms with Gasteiger partial charge in [-0.2, -0.15) is 0 Å². The van der Waals surface area contributed by atoms with Crippen molar-refractivity contribution in [3.63, 3.8) is 0 Å². The van der Waals surface area contributed by atoms with E-state index in [2.05, 4.69) is 0 Å². The number of halogens is 1. The van der Waals surface area contributed by atoms with E-state index in [1.165, 1.54) is 12.1 Å². The Balaban J connectivity index is 1.62. The number of nitrogens with zero attached hydrogens (tertiary/aromatic N) is 2. The van der Waals surface area contributed by atoms with Gasteiger partial charge in [0.25, 0.3) is 5.91 Å². The monoisotopic (exact) mass is 438 g/mol. The van der Waals surface area contributed by atoms with Gasteiger partial charge in [0.15, 0.2) is 0 Å². The molecule has 3 nitrogen and oxygen atoms in total. The Morgan fingerprint density at radius 1 is 0.938 bits per heavy atom. The lowest BCUT2D eigenvalue weighted by atomic mass is 9.97. The molecular formula is C27H19FN2OS. The van der Waals surface area contributed by atoms with Crippen LogP contribution in [0, 0.1) is 12.7 Å². The number of rotatable bonds is 3. The molecule has 2 heterocycles. The van der Waals surface area contributed by atoms with Crippen molar-refractivity contribution in [2.24, 2.45) is 0 Å². The second kappa shape index (κ2) is 8.09. The van der Waals surface area contributed by atoms with Crippen LogP contribution in [0.2, 0.25) is 0 Å². The lowest BCUT2D eigenvalue weighted by Crippen LogP contribution is -2.30. The molecule has 1 amide bonds. The Morgan fingerprint density at radius 3 is 2.31 bits per heavy atom. The van der Waals surface area contributed by atoms with Crippen molar-refractivity contribution < 1.29 is 9.18 Å². The van der Waals surface area contributed by atoms with Gasteiger partial charge >= 0.3 is 0 Å². The molecule has 1 aromatic heterocycles. The fourth-order valence-electron chi connectivity index (χ4n) is 3.94. The standard InChI is InChI=1S/C27H19FN2OS/c1-17-7-9-20(10-8-17)26(31)30-16-24-25(27(30)32)22(18-5-3-2-4-6-18)15-23(29-24)19-11-13-21(28)14-12-19/h2-15H,16H2,1H3. The van der Waals surface area contributed by atoms with Crippen molar-refractivity contribution in [3.05, 3.63) is 113 Å². The molecule has 5 heteroatoms. The number of thiocarbonyl (C=S) groups is 1. The zero-order valence-electron chi connectivity index (χ0n) is 17.4. The third kappa shape index (κ3) is 3.61. The highest BCUT2D eigenvalue weighted by Gasteiger charge is 2.33. The minimum absolute atomic E-state index is 0.143. The third-order valence-electron chi connectivity index (χ3n) is 5.63. The molecule has 0 saturated heterocycles. The minimum Gasteiger partial charge on any atom is -0.292 e. The number of carbonyl (C=O) groups is 1. The van der Waals surface area contributed by atoms with Gasteiger partial charge in [-0.3, -0.25) is 14.7 Å². The Morgan fingerprint density at radius 2 is 1.62 bits per heavy atom. The Bertz CT molecular complexity index is 1330. The molecule has 0 aliphatic carbocycles. The lowest BCUT2D eigenvalue weighted by molar-refractivity contribution is 0.0847. The van der Waals surface area contributed by atoms with Gasteiger partial charge in [-0.25, -0.2) is 4.39 Å². The summed E-state index contributed by atoms with van der Waals surface area (Å²) in [6.07, 6.45) is 0. The van der Waals surface area contributed by atoms with E-state index in [9.17, 15) is 9.18 Å². The number of fused-ring (bicyclic) bond motifs is 1. The summed E-state index contributed by atoms with van der Waals surface area (Å²) in [6, 6.07) is 25.6. The molecule has 1 aliphatic rings. The summed E-state index contributed by atoms with van der Waals surface area (Å²) in [4.78, 5) is 20.2. The first-order chi connectivity index (χ1) is 15.5. The minimum atomic E-state index is -0.297. The summed E-state index contributed by atoms with van der Waals surface area (Å²) in [7, 11) is 0. The van der Waals surface area contributed by atoms with Crippen LogP contribution < -0.4 is 0 Å². The first-order valence-corrected chi connectivity index (χ1v) is 10.7. The van der Waals surface area contributed by atoms with Crippen molar-refractivity contribution in [3.8, 4) is 22.4 Å². The largest absolute Gasteiger partial charge is 0.292 e. The Kier molecular flexibility index (Phi) is 5.11. The molecule has 0 radical (unpaired) electrons. The fourth-order valence-corrected chi connectivity index (χ4v) is 4.31. The topological polar surface area (TPSA) is 33.2 Å². The predicted molar refractivity (Wildman–Crippen MR) is 128 cm³/mol. The first-order valence-electron chi connectivity index (χ1n) is 10.3. The highest BCUT2D eigenvalue weighted by atomic mass is 32.1. The van der Waals surface area contributed by atoms with Crippen molar-refractivity contribution >= 4 is 23.1 Å².